The molecule has 1 aromatic rings. The van der Waals surface area contributed by atoms with Gasteiger partial charge in [0.15, 0.2) is 0 Å². The van der Waals surface area contributed by atoms with Crippen molar-refractivity contribution in [2.75, 3.05) is 31.5 Å². The molecule has 0 spiro atoms. The number of carbonyl (C=O) groups excluding carboxylic acids is 3. The van der Waals surface area contributed by atoms with E-state index in [0.717, 1.165) is 12.8 Å². The van der Waals surface area contributed by atoms with Crippen LogP contribution in [0, 0.1) is 0 Å². The molecule has 0 atom stereocenters. The van der Waals surface area contributed by atoms with Crippen molar-refractivity contribution in [2.45, 2.75) is 38.6 Å². The van der Waals surface area contributed by atoms with Crippen LogP contribution in [0.1, 0.15) is 43.0 Å². The minimum absolute atomic E-state index is 0.0170. The second-order valence-electron chi connectivity index (χ2n) is 6.97. The molecule has 0 radical (unpaired) electrons. The average molecular weight is 358 g/mol. The molecule has 2 fully saturated rings. The Morgan fingerprint density at radius 3 is 2.31 bits per heavy atom. The van der Waals surface area contributed by atoms with Crippen molar-refractivity contribution in [3.63, 3.8) is 0 Å². The number of rotatable bonds is 3. The number of piperazine rings is 1. The van der Waals surface area contributed by atoms with E-state index in [9.17, 15) is 14.4 Å². The zero-order valence-corrected chi connectivity index (χ0v) is 15.2. The van der Waals surface area contributed by atoms with E-state index >= 15 is 0 Å². The molecule has 140 valence electrons. The number of nitrogens with one attached hydrogen (secondary N) is 2. The first-order valence-corrected chi connectivity index (χ1v) is 9.25. The monoisotopic (exact) mass is 358 g/mol. The van der Waals surface area contributed by atoms with Crippen LogP contribution in [0.25, 0.3) is 0 Å². The van der Waals surface area contributed by atoms with E-state index in [2.05, 4.69) is 10.6 Å². The Hall–Kier alpha value is -2.57. The van der Waals surface area contributed by atoms with Crippen LogP contribution in [-0.4, -0.2) is 59.9 Å². The van der Waals surface area contributed by atoms with Crippen molar-refractivity contribution >= 4 is 23.5 Å². The molecule has 7 heteroatoms. The van der Waals surface area contributed by atoms with Gasteiger partial charge in [0.25, 0.3) is 5.91 Å². The maximum absolute atomic E-state index is 12.7. The summed E-state index contributed by atoms with van der Waals surface area (Å²) in [7, 11) is 0. The molecule has 1 saturated heterocycles. The van der Waals surface area contributed by atoms with Gasteiger partial charge in [0.1, 0.15) is 0 Å². The van der Waals surface area contributed by atoms with Crippen LogP contribution < -0.4 is 10.6 Å². The second kappa shape index (κ2) is 8.21. The van der Waals surface area contributed by atoms with Gasteiger partial charge in [-0.1, -0.05) is 18.9 Å². The molecule has 1 heterocycles. The molecule has 7 nitrogen and oxygen atoms in total. The van der Waals surface area contributed by atoms with Crippen molar-refractivity contribution in [3.8, 4) is 0 Å². The number of anilines is 1. The Kier molecular flexibility index (Phi) is 5.75. The molecule has 4 amide bonds. The van der Waals surface area contributed by atoms with Crippen LogP contribution in [0.4, 0.5) is 10.5 Å². The van der Waals surface area contributed by atoms with Crippen molar-refractivity contribution in [2.24, 2.45) is 0 Å². The lowest BCUT2D eigenvalue weighted by Gasteiger charge is -2.35. The Balaban J connectivity index is 1.53. The SMILES string of the molecule is CC(=O)Nc1cccc(C(=O)N2CCN(C(=O)NC3CCCC3)CC2)c1. The summed E-state index contributed by atoms with van der Waals surface area (Å²) in [6, 6.07) is 7.22. The summed E-state index contributed by atoms with van der Waals surface area (Å²) in [5.41, 5.74) is 1.15. The van der Waals surface area contributed by atoms with Crippen LogP contribution in [-0.2, 0) is 4.79 Å². The molecule has 0 bridgehead atoms. The molecule has 3 rings (SSSR count). The summed E-state index contributed by atoms with van der Waals surface area (Å²) >= 11 is 0. The lowest BCUT2D eigenvalue weighted by molar-refractivity contribution is -0.114. The Morgan fingerprint density at radius 1 is 1.00 bits per heavy atom. The topological polar surface area (TPSA) is 81.8 Å². The highest BCUT2D eigenvalue weighted by molar-refractivity contribution is 5.97. The van der Waals surface area contributed by atoms with Gasteiger partial charge in [-0.2, -0.15) is 0 Å². The molecular formula is C19H26N4O3. The average Bonchev–Trinajstić information content (AvgIpc) is 3.14. The molecule has 1 aliphatic carbocycles. The van der Waals surface area contributed by atoms with Crippen LogP contribution in [0.3, 0.4) is 0 Å². The number of amides is 4. The van der Waals surface area contributed by atoms with Crippen LogP contribution in [0.5, 0.6) is 0 Å². The van der Waals surface area contributed by atoms with Gasteiger partial charge in [-0.3, -0.25) is 9.59 Å². The van der Waals surface area contributed by atoms with Crippen molar-refractivity contribution in [3.05, 3.63) is 29.8 Å². The third-order valence-corrected chi connectivity index (χ3v) is 4.97. The van der Waals surface area contributed by atoms with Gasteiger partial charge >= 0.3 is 6.03 Å². The van der Waals surface area contributed by atoms with Crippen LogP contribution >= 0.6 is 0 Å². The maximum atomic E-state index is 12.7. The van der Waals surface area contributed by atoms with E-state index in [1.807, 2.05) is 0 Å². The molecule has 2 aliphatic rings. The van der Waals surface area contributed by atoms with Gasteiger partial charge in [-0.05, 0) is 31.0 Å². The number of hydrogen-bond acceptors (Lipinski definition) is 3. The highest BCUT2D eigenvalue weighted by atomic mass is 16.2. The molecular weight excluding hydrogens is 332 g/mol. The molecule has 26 heavy (non-hydrogen) atoms. The summed E-state index contributed by atoms with van der Waals surface area (Å²) in [6.07, 6.45) is 4.50. The molecule has 0 unspecified atom stereocenters. The van der Waals surface area contributed by atoms with E-state index in [1.165, 1.54) is 19.8 Å². The minimum Gasteiger partial charge on any atom is -0.335 e. The van der Waals surface area contributed by atoms with Crippen molar-refractivity contribution in [1.82, 2.24) is 15.1 Å². The van der Waals surface area contributed by atoms with Gasteiger partial charge in [0.2, 0.25) is 5.91 Å². The third-order valence-electron chi connectivity index (χ3n) is 4.97. The summed E-state index contributed by atoms with van der Waals surface area (Å²) in [4.78, 5) is 39.7. The van der Waals surface area contributed by atoms with Crippen LogP contribution in [0.15, 0.2) is 24.3 Å². The van der Waals surface area contributed by atoms with Gasteiger partial charge < -0.3 is 20.4 Å². The predicted octanol–water partition coefficient (Wildman–Crippen LogP) is 2.05. The summed E-state index contributed by atoms with van der Waals surface area (Å²) < 4.78 is 0. The predicted molar refractivity (Wildman–Crippen MR) is 99.0 cm³/mol. The molecule has 0 aromatic heterocycles. The third kappa shape index (κ3) is 4.53. The lowest BCUT2D eigenvalue weighted by Crippen LogP contribution is -2.54. The first-order chi connectivity index (χ1) is 12.5. The fraction of sp³-hybridized carbons (Fsp3) is 0.526. The maximum Gasteiger partial charge on any atom is 0.317 e. The summed E-state index contributed by atoms with van der Waals surface area (Å²) in [6.45, 7) is 3.54. The van der Waals surface area contributed by atoms with E-state index in [4.69, 9.17) is 0 Å². The van der Waals surface area contributed by atoms with E-state index in [0.29, 0.717) is 43.5 Å². The lowest BCUT2D eigenvalue weighted by atomic mass is 10.1. The fourth-order valence-electron chi connectivity index (χ4n) is 3.56. The molecule has 1 aromatic carbocycles. The minimum atomic E-state index is -0.170. The van der Waals surface area contributed by atoms with Gasteiger partial charge in [-0.15, -0.1) is 0 Å². The van der Waals surface area contributed by atoms with E-state index in [-0.39, 0.29) is 17.8 Å². The Morgan fingerprint density at radius 2 is 1.65 bits per heavy atom. The first kappa shape index (κ1) is 18.2. The zero-order chi connectivity index (χ0) is 18.5. The van der Waals surface area contributed by atoms with E-state index in [1.54, 1.807) is 34.1 Å². The number of carbonyl (C=O) groups is 3. The number of hydrogen-bond donors (Lipinski definition) is 2. The highest BCUT2D eigenvalue weighted by Crippen LogP contribution is 2.18. The van der Waals surface area contributed by atoms with Crippen molar-refractivity contribution < 1.29 is 14.4 Å². The standard InChI is InChI=1S/C19H26N4O3/c1-14(24)20-17-8-4-5-15(13-17)18(25)22-9-11-23(12-10-22)19(26)21-16-6-2-3-7-16/h4-5,8,13,16H,2-3,6-7,9-12H2,1H3,(H,20,24)(H,21,26). The smallest absolute Gasteiger partial charge is 0.317 e. The highest BCUT2D eigenvalue weighted by Gasteiger charge is 2.26. The largest absolute Gasteiger partial charge is 0.335 e. The Labute approximate surface area is 153 Å². The molecule has 2 N–H and O–H groups in total. The fourth-order valence-corrected chi connectivity index (χ4v) is 3.56. The second-order valence-corrected chi connectivity index (χ2v) is 6.97. The first-order valence-electron chi connectivity index (χ1n) is 9.25. The van der Waals surface area contributed by atoms with Crippen LogP contribution in [0.2, 0.25) is 0 Å². The molecule has 1 aliphatic heterocycles. The van der Waals surface area contributed by atoms with Gasteiger partial charge in [0.05, 0.1) is 0 Å². The Bertz CT molecular complexity index is 677. The number of benzene rings is 1. The van der Waals surface area contributed by atoms with E-state index < -0.39 is 0 Å². The summed E-state index contributed by atoms with van der Waals surface area (Å²) in [5.74, 6) is -0.246. The number of urea groups is 1. The number of nitrogens with zero attached hydrogens (tertiary/aromatic N) is 2. The van der Waals surface area contributed by atoms with Gasteiger partial charge in [0, 0.05) is 50.4 Å². The normalized spacial score (nSPS) is 17.9. The van der Waals surface area contributed by atoms with Gasteiger partial charge in [-0.25, -0.2) is 4.79 Å². The zero-order valence-electron chi connectivity index (χ0n) is 15.2. The van der Waals surface area contributed by atoms with Crippen molar-refractivity contribution in [1.29, 1.82) is 0 Å². The summed E-state index contributed by atoms with van der Waals surface area (Å²) in [5, 5.41) is 5.78. The quantitative estimate of drug-likeness (QED) is 0.868. The molecule has 1 saturated carbocycles.